The summed E-state index contributed by atoms with van der Waals surface area (Å²) in [6.45, 7) is 4.14. The predicted octanol–water partition coefficient (Wildman–Crippen LogP) is 2.92. The van der Waals surface area contributed by atoms with Crippen LogP contribution >= 0.6 is 11.8 Å². The minimum absolute atomic E-state index is 0.143. The second-order valence-corrected chi connectivity index (χ2v) is 6.24. The molecule has 0 spiro atoms. The molecule has 2 N–H and O–H groups in total. The fourth-order valence-electron chi connectivity index (χ4n) is 1.87. The molecule has 1 atom stereocenters. The quantitative estimate of drug-likeness (QED) is 0.770. The van der Waals surface area contributed by atoms with E-state index in [9.17, 15) is 4.79 Å². The van der Waals surface area contributed by atoms with Crippen molar-refractivity contribution in [1.82, 2.24) is 20.1 Å². The molecular weight excluding hydrogens is 298 g/mol. The molecule has 0 aliphatic rings. The smallest absolute Gasteiger partial charge is 0.319 e. The number of carbonyl (C=O) groups is 1. The summed E-state index contributed by atoms with van der Waals surface area (Å²) >= 11 is 1.88. The molecule has 2 rings (SSSR count). The van der Waals surface area contributed by atoms with Crippen molar-refractivity contribution in [3.63, 3.8) is 0 Å². The molecule has 0 saturated heterocycles. The van der Waals surface area contributed by atoms with Gasteiger partial charge in [-0.15, -0.1) is 0 Å². The van der Waals surface area contributed by atoms with E-state index in [0.717, 1.165) is 17.9 Å². The Hall–Kier alpha value is -2.02. The molecule has 0 unspecified atom stereocenters. The topological polar surface area (TPSA) is 71.8 Å². The number of aromatic nitrogens is 3. The number of hydrogen-bond acceptors (Lipinski definition) is 4. The summed E-state index contributed by atoms with van der Waals surface area (Å²) in [5.74, 6) is 2.86. The molecule has 2 aromatic heterocycles. The SMILES string of the molecule is CCSCC[C@@H](C)NC(=O)Nc1cnn(-c2ccccn2)c1. The highest BCUT2D eigenvalue weighted by atomic mass is 32.2. The third kappa shape index (κ3) is 5.07. The van der Waals surface area contributed by atoms with Gasteiger partial charge in [-0.3, -0.25) is 0 Å². The number of nitrogens with one attached hydrogen (secondary N) is 2. The standard InChI is InChI=1S/C15H21N5OS/c1-3-22-9-7-12(2)18-15(21)19-13-10-17-20(11-13)14-6-4-5-8-16-14/h4-6,8,10-12H,3,7,9H2,1-2H3,(H2,18,19,21)/t12-/m1/s1. The highest BCUT2D eigenvalue weighted by molar-refractivity contribution is 7.99. The number of pyridine rings is 1. The van der Waals surface area contributed by atoms with Gasteiger partial charge in [0.25, 0.3) is 0 Å². The molecule has 0 fully saturated rings. The van der Waals surface area contributed by atoms with Crippen LogP contribution in [0, 0.1) is 0 Å². The first-order chi connectivity index (χ1) is 10.7. The Balaban J connectivity index is 1.83. The van der Waals surface area contributed by atoms with Gasteiger partial charge < -0.3 is 10.6 Å². The minimum atomic E-state index is -0.213. The number of urea groups is 1. The molecule has 0 saturated carbocycles. The summed E-state index contributed by atoms with van der Waals surface area (Å²) in [6, 6.07) is 5.52. The lowest BCUT2D eigenvalue weighted by atomic mass is 10.3. The van der Waals surface area contributed by atoms with Crippen molar-refractivity contribution in [2.45, 2.75) is 26.3 Å². The van der Waals surface area contributed by atoms with Crippen LogP contribution in [0.5, 0.6) is 0 Å². The Labute approximate surface area is 134 Å². The first kappa shape index (κ1) is 16.4. The molecule has 0 aliphatic heterocycles. The highest BCUT2D eigenvalue weighted by Gasteiger charge is 2.09. The van der Waals surface area contributed by atoms with Crippen molar-refractivity contribution in [3.8, 4) is 5.82 Å². The van der Waals surface area contributed by atoms with E-state index >= 15 is 0 Å². The fraction of sp³-hybridized carbons (Fsp3) is 0.400. The van der Waals surface area contributed by atoms with Gasteiger partial charge in [-0.1, -0.05) is 13.0 Å². The monoisotopic (exact) mass is 319 g/mol. The third-order valence-corrected chi connectivity index (χ3v) is 3.93. The molecule has 2 heterocycles. The average molecular weight is 319 g/mol. The zero-order valence-corrected chi connectivity index (χ0v) is 13.6. The number of anilines is 1. The highest BCUT2D eigenvalue weighted by Crippen LogP contribution is 2.09. The second kappa shape index (κ2) is 8.43. The van der Waals surface area contributed by atoms with Gasteiger partial charge in [0.05, 0.1) is 18.1 Å². The van der Waals surface area contributed by atoms with E-state index < -0.39 is 0 Å². The number of nitrogens with zero attached hydrogens (tertiary/aromatic N) is 3. The van der Waals surface area contributed by atoms with Gasteiger partial charge in [-0.05, 0) is 37.0 Å². The van der Waals surface area contributed by atoms with Crippen molar-refractivity contribution in [3.05, 3.63) is 36.8 Å². The van der Waals surface area contributed by atoms with Gasteiger partial charge in [0.15, 0.2) is 5.82 Å². The Morgan fingerprint density at radius 3 is 3.05 bits per heavy atom. The molecule has 22 heavy (non-hydrogen) atoms. The minimum Gasteiger partial charge on any atom is -0.335 e. The maximum absolute atomic E-state index is 11.9. The summed E-state index contributed by atoms with van der Waals surface area (Å²) < 4.78 is 1.62. The van der Waals surface area contributed by atoms with Gasteiger partial charge in [-0.25, -0.2) is 14.5 Å². The molecule has 6 nitrogen and oxygen atoms in total. The molecule has 0 aromatic carbocycles. The molecule has 0 aliphatic carbocycles. The van der Waals surface area contributed by atoms with Gasteiger partial charge in [0.2, 0.25) is 0 Å². The first-order valence-corrected chi connectivity index (χ1v) is 8.46. The number of carbonyl (C=O) groups excluding carboxylic acids is 1. The molecule has 118 valence electrons. The molecule has 0 radical (unpaired) electrons. The number of thioether (sulfide) groups is 1. The number of rotatable bonds is 7. The second-order valence-electron chi connectivity index (χ2n) is 4.85. The van der Waals surface area contributed by atoms with Gasteiger partial charge in [0, 0.05) is 12.2 Å². The lowest BCUT2D eigenvalue weighted by Gasteiger charge is -2.13. The Kier molecular flexibility index (Phi) is 6.27. The maximum Gasteiger partial charge on any atom is 0.319 e. The molecule has 7 heteroatoms. The normalized spacial score (nSPS) is 11.9. The first-order valence-electron chi connectivity index (χ1n) is 7.30. The van der Waals surface area contributed by atoms with Crippen LogP contribution in [0.3, 0.4) is 0 Å². The lowest BCUT2D eigenvalue weighted by Crippen LogP contribution is -2.36. The van der Waals surface area contributed by atoms with E-state index in [0.29, 0.717) is 11.5 Å². The van der Waals surface area contributed by atoms with E-state index in [4.69, 9.17) is 0 Å². The zero-order valence-electron chi connectivity index (χ0n) is 12.8. The van der Waals surface area contributed by atoms with Gasteiger partial charge in [0.1, 0.15) is 0 Å². The van der Waals surface area contributed by atoms with Crippen LogP contribution in [-0.2, 0) is 0 Å². The van der Waals surface area contributed by atoms with Crippen molar-refractivity contribution in [2.24, 2.45) is 0 Å². The van der Waals surface area contributed by atoms with E-state index in [1.165, 1.54) is 0 Å². The van der Waals surface area contributed by atoms with E-state index in [1.807, 2.05) is 36.9 Å². The fourth-order valence-corrected chi connectivity index (χ4v) is 2.68. The molecule has 2 aromatic rings. The third-order valence-electron chi connectivity index (χ3n) is 3.00. The van der Waals surface area contributed by atoms with Crippen LogP contribution in [-0.4, -0.2) is 38.3 Å². The largest absolute Gasteiger partial charge is 0.335 e. The predicted molar refractivity (Wildman–Crippen MR) is 90.6 cm³/mol. The van der Waals surface area contributed by atoms with Crippen molar-refractivity contribution < 1.29 is 4.79 Å². The van der Waals surface area contributed by atoms with Crippen molar-refractivity contribution in [1.29, 1.82) is 0 Å². The van der Waals surface area contributed by atoms with Gasteiger partial charge in [-0.2, -0.15) is 16.9 Å². The Morgan fingerprint density at radius 2 is 2.32 bits per heavy atom. The number of hydrogen-bond donors (Lipinski definition) is 2. The Morgan fingerprint density at radius 1 is 1.45 bits per heavy atom. The van der Waals surface area contributed by atoms with Crippen LogP contribution in [0.1, 0.15) is 20.3 Å². The van der Waals surface area contributed by atoms with Crippen LogP contribution in [0.15, 0.2) is 36.8 Å². The maximum atomic E-state index is 11.9. The number of amides is 2. The van der Waals surface area contributed by atoms with E-state index in [2.05, 4.69) is 27.6 Å². The summed E-state index contributed by atoms with van der Waals surface area (Å²) in [5.41, 5.74) is 0.637. The van der Waals surface area contributed by atoms with Crippen molar-refractivity contribution in [2.75, 3.05) is 16.8 Å². The van der Waals surface area contributed by atoms with Crippen LogP contribution in [0.4, 0.5) is 10.5 Å². The van der Waals surface area contributed by atoms with Gasteiger partial charge >= 0.3 is 6.03 Å². The zero-order chi connectivity index (χ0) is 15.8. The summed E-state index contributed by atoms with van der Waals surface area (Å²) in [4.78, 5) is 16.1. The molecular formula is C15H21N5OS. The molecule has 0 bridgehead atoms. The average Bonchev–Trinajstić information content (AvgIpc) is 2.96. The van der Waals surface area contributed by atoms with Crippen LogP contribution in [0.2, 0.25) is 0 Å². The van der Waals surface area contributed by atoms with Crippen molar-refractivity contribution >= 4 is 23.5 Å². The summed E-state index contributed by atoms with van der Waals surface area (Å²) in [6.07, 6.45) is 6.00. The Bertz CT molecular complexity index is 587. The summed E-state index contributed by atoms with van der Waals surface area (Å²) in [5, 5.41) is 9.89. The molecule has 2 amide bonds. The lowest BCUT2D eigenvalue weighted by molar-refractivity contribution is 0.249. The van der Waals surface area contributed by atoms with Crippen LogP contribution < -0.4 is 10.6 Å². The van der Waals surface area contributed by atoms with E-state index in [-0.39, 0.29) is 12.1 Å². The van der Waals surface area contributed by atoms with E-state index in [1.54, 1.807) is 23.3 Å². The summed E-state index contributed by atoms with van der Waals surface area (Å²) in [7, 11) is 0. The van der Waals surface area contributed by atoms with Crippen LogP contribution in [0.25, 0.3) is 5.82 Å².